The first-order valence-corrected chi connectivity index (χ1v) is 7.43. The summed E-state index contributed by atoms with van der Waals surface area (Å²) in [4.78, 5) is 0. The van der Waals surface area contributed by atoms with Crippen molar-refractivity contribution >= 4 is 13.6 Å². The van der Waals surface area contributed by atoms with E-state index in [2.05, 4.69) is 0 Å². The third kappa shape index (κ3) is 5.00. The average molecular weight is 271 g/mol. The molecule has 0 aliphatic rings. The molecule has 18 heavy (non-hydrogen) atoms. The summed E-state index contributed by atoms with van der Waals surface area (Å²) in [6.45, 7) is 3.97. The summed E-state index contributed by atoms with van der Waals surface area (Å²) in [5.74, 6) is 0.993. The third-order valence-electron chi connectivity index (χ3n) is 2.07. The normalized spacial score (nSPS) is 12.7. The zero-order valence-corrected chi connectivity index (χ0v) is 11.5. The maximum absolute atomic E-state index is 12.1. The van der Waals surface area contributed by atoms with Gasteiger partial charge in [0.05, 0.1) is 13.2 Å². The van der Waals surface area contributed by atoms with Crippen LogP contribution in [0.15, 0.2) is 30.3 Å². The van der Waals surface area contributed by atoms with Gasteiger partial charge in [0.15, 0.2) is 6.54 Å². The lowest BCUT2D eigenvalue weighted by atomic mass is 10.2. The van der Waals surface area contributed by atoms with Crippen LogP contribution in [-0.2, 0) is 20.2 Å². The summed E-state index contributed by atoms with van der Waals surface area (Å²) in [6, 6.07) is 9.20. The second-order valence-corrected chi connectivity index (χ2v) is 5.38. The minimum atomic E-state index is -3.42. The number of hydroxylamine groups is 1. The summed E-state index contributed by atoms with van der Waals surface area (Å²) in [5.41, 5.74) is 0.836. The summed E-state index contributed by atoms with van der Waals surface area (Å²) in [7, 11) is -3.42. The molecule has 0 aliphatic carbocycles. The quantitative estimate of drug-likeness (QED) is 0.251. The Labute approximate surface area is 107 Å². The monoisotopic (exact) mass is 271 g/mol. The number of rotatable bonds is 7. The van der Waals surface area contributed by atoms with Gasteiger partial charge in [-0.2, -0.15) is 0 Å². The highest BCUT2D eigenvalue weighted by Gasteiger charge is 2.25. The van der Waals surface area contributed by atoms with Crippen molar-refractivity contribution in [2.75, 3.05) is 13.2 Å². The number of benzene rings is 1. The molecule has 5 nitrogen and oxygen atoms in total. The van der Waals surface area contributed by atoms with E-state index in [0.717, 1.165) is 11.5 Å². The van der Waals surface area contributed by atoms with E-state index in [0.29, 0.717) is 4.74 Å². The van der Waals surface area contributed by atoms with E-state index in [1.165, 1.54) is 0 Å². The smallest absolute Gasteiger partial charge is 0.417 e. The van der Waals surface area contributed by atoms with Crippen molar-refractivity contribution in [2.24, 2.45) is 0 Å². The number of hydrogen-bond donors (Lipinski definition) is 0. The topological polar surface area (TPSA) is 61.6 Å². The van der Waals surface area contributed by atoms with Gasteiger partial charge in [0.2, 0.25) is 0 Å². The molecule has 1 rings (SSSR count). The van der Waals surface area contributed by atoms with Gasteiger partial charge >= 0.3 is 7.60 Å². The number of nitrogens with zero attached hydrogens (tertiary/aromatic N) is 1. The van der Waals surface area contributed by atoms with Gasteiger partial charge in [-0.05, 0) is 13.8 Å². The van der Waals surface area contributed by atoms with Crippen molar-refractivity contribution in [2.45, 2.75) is 20.4 Å². The molecule has 6 heteroatoms. The maximum atomic E-state index is 12.1. The molecule has 0 heterocycles. The molecule has 0 saturated carbocycles. The highest BCUT2D eigenvalue weighted by molar-refractivity contribution is 7.69. The van der Waals surface area contributed by atoms with E-state index < -0.39 is 7.60 Å². The first kappa shape index (κ1) is 14.9. The summed E-state index contributed by atoms with van der Waals surface area (Å²) in [6.07, 6.45) is 0. The zero-order valence-electron chi connectivity index (χ0n) is 10.6. The van der Waals surface area contributed by atoms with E-state index in [4.69, 9.17) is 9.05 Å². The Bertz CT molecular complexity index is 423. The average Bonchev–Trinajstić information content (AvgIpc) is 2.30. The summed E-state index contributed by atoms with van der Waals surface area (Å²) in [5, 5.41) is 11.7. The van der Waals surface area contributed by atoms with E-state index in [9.17, 15) is 9.77 Å². The molecule has 0 N–H and O–H groups in total. The van der Waals surface area contributed by atoms with Crippen LogP contribution in [0.5, 0.6) is 0 Å². The van der Waals surface area contributed by atoms with Gasteiger partial charge in [-0.1, -0.05) is 30.3 Å². The van der Waals surface area contributed by atoms with Gasteiger partial charge in [0.25, 0.3) is 5.96 Å². The van der Waals surface area contributed by atoms with Crippen molar-refractivity contribution in [3.63, 3.8) is 0 Å². The molecule has 0 amide bonds. The van der Waals surface area contributed by atoms with Crippen LogP contribution in [0.1, 0.15) is 19.4 Å². The van der Waals surface area contributed by atoms with Gasteiger partial charge in [-0.15, -0.1) is 0 Å². The van der Waals surface area contributed by atoms with Crippen LogP contribution >= 0.6 is 7.60 Å². The summed E-state index contributed by atoms with van der Waals surface area (Å²) < 4.78 is 22.7. The van der Waals surface area contributed by atoms with Crippen LogP contribution in [0.3, 0.4) is 0 Å². The zero-order chi connectivity index (χ0) is 13.4. The van der Waals surface area contributed by atoms with Crippen molar-refractivity contribution in [1.29, 1.82) is 0 Å². The molecule has 0 aromatic heterocycles. The molecule has 1 aromatic rings. The van der Waals surface area contributed by atoms with Crippen LogP contribution in [0, 0.1) is 5.21 Å². The van der Waals surface area contributed by atoms with Gasteiger partial charge in [0.1, 0.15) is 0 Å². The predicted molar refractivity (Wildman–Crippen MR) is 70.7 cm³/mol. The van der Waals surface area contributed by atoms with Gasteiger partial charge in [0, 0.05) is 5.56 Å². The van der Waals surface area contributed by atoms with Gasteiger partial charge in [-0.3, -0.25) is 0 Å². The van der Waals surface area contributed by atoms with Gasteiger partial charge < -0.3 is 14.3 Å². The third-order valence-corrected chi connectivity index (χ3v) is 3.85. The molecular formula is C12H18NO4P. The Kier molecular flexibility index (Phi) is 6.05. The van der Waals surface area contributed by atoms with Crippen molar-refractivity contribution < 1.29 is 18.4 Å². The first-order valence-electron chi connectivity index (χ1n) is 5.82. The molecule has 0 saturated heterocycles. The fourth-order valence-corrected chi connectivity index (χ4v) is 2.75. The fraction of sp³-hybridized carbons (Fsp3) is 0.417. The largest absolute Gasteiger partial charge is 0.623 e. The number of hydrogen-bond acceptors (Lipinski definition) is 4. The molecular weight excluding hydrogens is 253 g/mol. The van der Waals surface area contributed by atoms with Crippen LogP contribution < -0.4 is 0 Å². The standard InChI is InChI=1S/C12H18NO4P/c1-3-16-18(15,17-4-2)11-13(14)10-12-8-6-5-7-9-12/h5-9,11H,3-4,10H2,1-2H3/b13-11+. The second kappa shape index (κ2) is 7.31. The molecule has 1 aromatic carbocycles. The molecule has 0 spiro atoms. The van der Waals surface area contributed by atoms with Crippen LogP contribution in [0.25, 0.3) is 0 Å². The highest BCUT2D eigenvalue weighted by Crippen LogP contribution is 2.44. The fourth-order valence-electron chi connectivity index (χ4n) is 1.43. The molecule has 0 atom stereocenters. The minimum absolute atomic E-state index is 0.116. The highest BCUT2D eigenvalue weighted by atomic mass is 31.2. The van der Waals surface area contributed by atoms with E-state index in [-0.39, 0.29) is 19.8 Å². The summed E-state index contributed by atoms with van der Waals surface area (Å²) >= 11 is 0. The Morgan fingerprint density at radius 1 is 1.22 bits per heavy atom. The van der Waals surface area contributed by atoms with Crippen LogP contribution in [0.4, 0.5) is 0 Å². The van der Waals surface area contributed by atoms with Crippen molar-refractivity contribution in [3.8, 4) is 0 Å². The predicted octanol–water partition coefficient (Wildman–Crippen LogP) is 2.99. The molecule has 0 radical (unpaired) electrons. The molecule has 100 valence electrons. The maximum Gasteiger partial charge on any atom is 0.417 e. The van der Waals surface area contributed by atoms with Crippen molar-refractivity contribution in [3.05, 3.63) is 41.1 Å². The van der Waals surface area contributed by atoms with Gasteiger partial charge in [-0.25, -0.2) is 9.30 Å². The van der Waals surface area contributed by atoms with E-state index in [1.807, 2.05) is 30.3 Å². The lowest BCUT2D eigenvalue weighted by molar-refractivity contribution is -0.468. The lowest BCUT2D eigenvalue weighted by Crippen LogP contribution is -2.08. The van der Waals surface area contributed by atoms with E-state index in [1.54, 1.807) is 13.8 Å². The minimum Gasteiger partial charge on any atom is -0.623 e. The van der Waals surface area contributed by atoms with E-state index >= 15 is 0 Å². The Balaban J connectivity index is 2.76. The van der Waals surface area contributed by atoms with Crippen molar-refractivity contribution in [1.82, 2.24) is 0 Å². The van der Waals surface area contributed by atoms with Crippen LogP contribution in [-0.4, -0.2) is 23.9 Å². The lowest BCUT2D eigenvalue weighted by Gasteiger charge is -2.12. The Morgan fingerprint density at radius 3 is 2.28 bits per heavy atom. The molecule has 0 aliphatic heterocycles. The molecule has 0 unspecified atom stereocenters. The first-order chi connectivity index (χ1) is 8.59. The Morgan fingerprint density at radius 2 is 1.78 bits per heavy atom. The molecule has 0 fully saturated rings. The second-order valence-electron chi connectivity index (χ2n) is 3.55. The van der Waals surface area contributed by atoms with Crippen LogP contribution in [0.2, 0.25) is 0 Å². The Hall–Kier alpha value is -1.16. The molecule has 0 bridgehead atoms. The SMILES string of the molecule is CCOP(=O)(/C=[N+](/[O-])Cc1ccccc1)OCC.